The van der Waals surface area contributed by atoms with Crippen molar-refractivity contribution in [1.29, 1.82) is 0 Å². The lowest BCUT2D eigenvalue weighted by Gasteiger charge is -2.06. The molecule has 0 saturated carbocycles. The van der Waals surface area contributed by atoms with Crippen molar-refractivity contribution in [2.45, 2.75) is 6.42 Å². The van der Waals surface area contributed by atoms with Gasteiger partial charge in [0, 0.05) is 17.0 Å². The number of carbonyl (C=O) groups excluding carboxylic acids is 1. The van der Waals surface area contributed by atoms with Gasteiger partial charge in [-0.1, -0.05) is 54.1 Å². The van der Waals surface area contributed by atoms with Crippen molar-refractivity contribution in [3.8, 4) is 0 Å². The summed E-state index contributed by atoms with van der Waals surface area (Å²) in [6.45, 7) is 0. The van der Waals surface area contributed by atoms with Crippen LogP contribution in [0, 0.1) is 0 Å². The lowest BCUT2D eigenvalue weighted by Crippen LogP contribution is -2.07. The second-order valence-corrected chi connectivity index (χ2v) is 4.81. The van der Waals surface area contributed by atoms with Crippen LogP contribution >= 0.6 is 11.6 Å². The van der Waals surface area contributed by atoms with Crippen LogP contribution in [-0.2, 0) is 16.0 Å². The van der Waals surface area contributed by atoms with Crippen LogP contribution < -0.4 is 0 Å². The van der Waals surface area contributed by atoms with Crippen molar-refractivity contribution in [2.24, 2.45) is 0 Å². The zero-order valence-electron chi connectivity index (χ0n) is 11.2. The summed E-state index contributed by atoms with van der Waals surface area (Å²) in [5.74, 6) is -0.316. The zero-order valence-corrected chi connectivity index (χ0v) is 11.9. The first-order valence-electron chi connectivity index (χ1n) is 6.27. The van der Waals surface area contributed by atoms with Crippen LogP contribution in [-0.4, -0.2) is 13.1 Å². The molecule has 2 nitrogen and oxygen atoms in total. The topological polar surface area (TPSA) is 26.3 Å². The van der Waals surface area contributed by atoms with Crippen molar-refractivity contribution in [2.75, 3.05) is 7.11 Å². The van der Waals surface area contributed by atoms with Crippen LogP contribution in [0.5, 0.6) is 0 Å². The molecule has 0 aromatic heterocycles. The predicted molar refractivity (Wildman–Crippen MR) is 81.6 cm³/mol. The molecule has 20 heavy (non-hydrogen) atoms. The largest absolute Gasteiger partial charge is 0.466 e. The van der Waals surface area contributed by atoms with Crippen LogP contribution in [0.3, 0.4) is 0 Å². The summed E-state index contributed by atoms with van der Waals surface area (Å²) in [5, 5.41) is 0.671. The van der Waals surface area contributed by atoms with E-state index in [2.05, 4.69) is 0 Å². The molecule has 0 radical (unpaired) electrons. The third-order valence-corrected chi connectivity index (χ3v) is 3.15. The normalized spacial score (nSPS) is 11.2. The van der Waals surface area contributed by atoms with E-state index < -0.39 is 0 Å². The third-order valence-electron chi connectivity index (χ3n) is 2.90. The highest BCUT2D eigenvalue weighted by molar-refractivity contribution is 6.30. The molecule has 0 aliphatic rings. The number of halogens is 1. The Morgan fingerprint density at radius 2 is 1.75 bits per heavy atom. The van der Waals surface area contributed by atoms with Gasteiger partial charge in [0.1, 0.15) is 0 Å². The lowest BCUT2D eigenvalue weighted by atomic mass is 10.0. The molecular weight excluding hydrogens is 272 g/mol. The first kappa shape index (κ1) is 14.4. The van der Waals surface area contributed by atoms with Crippen LogP contribution in [0.15, 0.2) is 60.2 Å². The van der Waals surface area contributed by atoms with E-state index in [1.807, 2.05) is 48.5 Å². The minimum absolute atomic E-state index is 0.316. The number of hydrogen-bond donors (Lipinski definition) is 0. The van der Waals surface area contributed by atoms with E-state index in [1.54, 1.807) is 12.1 Å². The minimum atomic E-state index is -0.316. The Labute approximate surface area is 123 Å². The van der Waals surface area contributed by atoms with Gasteiger partial charge >= 0.3 is 5.97 Å². The third kappa shape index (κ3) is 3.97. The summed E-state index contributed by atoms with van der Waals surface area (Å²) < 4.78 is 4.85. The summed E-state index contributed by atoms with van der Waals surface area (Å²) in [6.07, 6.45) is 2.37. The van der Waals surface area contributed by atoms with Crippen LogP contribution in [0.2, 0.25) is 5.02 Å². The molecule has 0 amide bonds. The quantitative estimate of drug-likeness (QED) is 0.624. The number of hydrogen-bond acceptors (Lipinski definition) is 2. The van der Waals surface area contributed by atoms with Crippen molar-refractivity contribution in [3.63, 3.8) is 0 Å². The second-order valence-electron chi connectivity index (χ2n) is 4.38. The van der Waals surface area contributed by atoms with E-state index in [-0.39, 0.29) is 5.97 Å². The maximum Gasteiger partial charge on any atom is 0.334 e. The van der Waals surface area contributed by atoms with Gasteiger partial charge in [0.05, 0.1) is 7.11 Å². The fourth-order valence-corrected chi connectivity index (χ4v) is 2.02. The maximum atomic E-state index is 11.9. The van der Waals surface area contributed by atoms with Crippen LogP contribution in [0.25, 0.3) is 6.08 Å². The minimum Gasteiger partial charge on any atom is -0.466 e. The van der Waals surface area contributed by atoms with E-state index in [0.717, 1.165) is 11.1 Å². The average Bonchev–Trinajstić information content (AvgIpc) is 2.49. The molecule has 0 unspecified atom stereocenters. The lowest BCUT2D eigenvalue weighted by molar-refractivity contribution is -0.136. The molecule has 0 heterocycles. The monoisotopic (exact) mass is 286 g/mol. The summed E-state index contributed by atoms with van der Waals surface area (Å²) in [5.41, 5.74) is 2.60. The Balaban J connectivity index is 2.28. The van der Waals surface area contributed by atoms with E-state index in [0.29, 0.717) is 17.0 Å². The number of esters is 1. The molecular formula is C17H15ClO2. The average molecular weight is 287 g/mol. The fraction of sp³-hybridized carbons (Fsp3) is 0.118. The molecule has 0 fully saturated rings. The SMILES string of the molecule is COC(=O)/C(=C/c1ccc(Cl)cc1)Cc1ccccc1. The highest BCUT2D eigenvalue weighted by Crippen LogP contribution is 2.16. The molecule has 3 heteroatoms. The first-order chi connectivity index (χ1) is 9.69. The molecule has 102 valence electrons. The number of benzene rings is 2. The molecule has 0 saturated heterocycles. The number of rotatable bonds is 4. The Kier molecular flexibility index (Phi) is 4.97. The van der Waals surface area contributed by atoms with Gasteiger partial charge < -0.3 is 4.74 Å². The highest BCUT2D eigenvalue weighted by atomic mass is 35.5. The van der Waals surface area contributed by atoms with E-state index in [9.17, 15) is 4.79 Å². The summed E-state index contributed by atoms with van der Waals surface area (Å²) in [6, 6.07) is 17.2. The molecule has 0 spiro atoms. The molecule has 0 aliphatic heterocycles. The Morgan fingerprint density at radius 1 is 1.10 bits per heavy atom. The van der Waals surface area contributed by atoms with Gasteiger partial charge in [-0.25, -0.2) is 4.79 Å². The van der Waals surface area contributed by atoms with Gasteiger partial charge in [-0.2, -0.15) is 0 Å². The predicted octanol–water partition coefficient (Wildman–Crippen LogP) is 4.14. The Hall–Kier alpha value is -2.06. The maximum absolute atomic E-state index is 11.9. The van der Waals surface area contributed by atoms with Crippen LogP contribution in [0.4, 0.5) is 0 Å². The molecule has 0 atom stereocenters. The van der Waals surface area contributed by atoms with Gasteiger partial charge in [0.15, 0.2) is 0 Å². The van der Waals surface area contributed by atoms with E-state index in [1.165, 1.54) is 7.11 Å². The summed E-state index contributed by atoms with van der Waals surface area (Å²) >= 11 is 5.86. The van der Waals surface area contributed by atoms with Crippen LogP contribution in [0.1, 0.15) is 11.1 Å². The molecule has 0 bridgehead atoms. The molecule has 2 aromatic rings. The van der Waals surface area contributed by atoms with E-state index >= 15 is 0 Å². The molecule has 0 aliphatic carbocycles. The highest BCUT2D eigenvalue weighted by Gasteiger charge is 2.10. The van der Waals surface area contributed by atoms with Gasteiger partial charge in [-0.15, -0.1) is 0 Å². The molecule has 2 aromatic carbocycles. The second kappa shape index (κ2) is 6.92. The fourth-order valence-electron chi connectivity index (χ4n) is 1.89. The van der Waals surface area contributed by atoms with Crippen molar-refractivity contribution in [3.05, 3.63) is 76.3 Å². The number of methoxy groups -OCH3 is 1. The van der Waals surface area contributed by atoms with Crippen molar-refractivity contribution < 1.29 is 9.53 Å². The molecule has 2 rings (SSSR count). The number of ether oxygens (including phenoxy) is 1. The first-order valence-corrected chi connectivity index (χ1v) is 6.65. The summed E-state index contributed by atoms with van der Waals surface area (Å²) in [7, 11) is 1.39. The van der Waals surface area contributed by atoms with Gasteiger partial charge in [0.25, 0.3) is 0 Å². The van der Waals surface area contributed by atoms with E-state index in [4.69, 9.17) is 16.3 Å². The van der Waals surface area contributed by atoms with Crippen molar-refractivity contribution in [1.82, 2.24) is 0 Å². The van der Waals surface area contributed by atoms with Gasteiger partial charge in [0.2, 0.25) is 0 Å². The van der Waals surface area contributed by atoms with Crippen molar-refractivity contribution >= 4 is 23.6 Å². The zero-order chi connectivity index (χ0) is 14.4. The Morgan fingerprint density at radius 3 is 2.35 bits per heavy atom. The molecule has 0 N–H and O–H groups in total. The van der Waals surface area contributed by atoms with Gasteiger partial charge in [-0.05, 0) is 29.3 Å². The number of carbonyl (C=O) groups is 1. The van der Waals surface area contributed by atoms with Gasteiger partial charge in [-0.3, -0.25) is 0 Å². The Bertz CT molecular complexity index is 601. The smallest absolute Gasteiger partial charge is 0.334 e. The summed E-state index contributed by atoms with van der Waals surface area (Å²) in [4.78, 5) is 11.9. The standard InChI is InChI=1S/C17H15ClO2/c1-20-17(19)15(11-13-5-3-2-4-6-13)12-14-7-9-16(18)10-8-14/h2-10,12H,11H2,1H3/b15-12+.